The Kier molecular flexibility index (Phi) is 7.56. The van der Waals surface area contributed by atoms with Crippen LogP contribution in [0.3, 0.4) is 0 Å². The summed E-state index contributed by atoms with van der Waals surface area (Å²) >= 11 is 0. The van der Waals surface area contributed by atoms with Gasteiger partial charge in [0.05, 0.1) is 12.2 Å². The lowest BCUT2D eigenvalue weighted by Crippen LogP contribution is -2.14. The molecule has 0 aliphatic carbocycles. The van der Waals surface area contributed by atoms with E-state index in [1.54, 1.807) is 24.3 Å². The maximum atomic E-state index is 13.1. The van der Waals surface area contributed by atoms with E-state index < -0.39 is 0 Å². The average Bonchev–Trinajstić information content (AvgIpc) is 2.79. The highest BCUT2D eigenvalue weighted by Crippen LogP contribution is 2.21. The number of esters is 1. The van der Waals surface area contributed by atoms with Crippen LogP contribution in [0.1, 0.15) is 41.3 Å². The molecule has 0 radical (unpaired) electrons. The Labute approximate surface area is 177 Å². The van der Waals surface area contributed by atoms with E-state index in [4.69, 9.17) is 4.74 Å². The van der Waals surface area contributed by atoms with Gasteiger partial charge in [-0.1, -0.05) is 80.1 Å². The van der Waals surface area contributed by atoms with Gasteiger partial charge in [0.1, 0.15) is 0 Å². The zero-order valence-electron chi connectivity index (χ0n) is 17.0. The molecule has 0 fully saturated rings. The van der Waals surface area contributed by atoms with Crippen molar-refractivity contribution in [2.45, 2.75) is 19.8 Å². The first-order chi connectivity index (χ1) is 14.7. The lowest BCUT2D eigenvalue weighted by molar-refractivity contribution is -0.111. The van der Waals surface area contributed by atoms with Gasteiger partial charge in [-0.2, -0.15) is 0 Å². The van der Waals surface area contributed by atoms with Crippen LogP contribution in [0.15, 0.2) is 84.9 Å². The van der Waals surface area contributed by atoms with Crippen LogP contribution < -0.4 is 5.32 Å². The van der Waals surface area contributed by atoms with E-state index in [2.05, 4.69) is 5.32 Å². The van der Waals surface area contributed by atoms with Crippen LogP contribution in [0.2, 0.25) is 0 Å². The van der Waals surface area contributed by atoms with Crippen LogP contribution in [-0.2, 0) is 9.53 Å². The predicted octanol–water partition coefficient (Wildman–Crippen LogP) is 5.82. The van der Waals surface area contributed by atoms with E-state index in [0.717, 1.165) is 24.0 Å². The van der Waals surface area contributed by atoms with Gasteiger partial charge in [0.15, 0.2) is 0 Å². The van der Waals surface area contributed by atoms with Crippen molar-refractivity contribution in [3.8, 4) is 0 Å². The van der Waals surface area contributed by atoms with Gasteiger partial charge in [0.2, 0.25) is 0 Å². The Morgan fingerprint density at radius 2 is 1.53 bits per heavy atom. The van der Waals surface area contributed by atoms with E-state index in [-0.39, 0.29) is 11.9 Å². The molecule has 0 spiro atoms. The Balaban J connectivity index is 1.82. The molecular formula is C26H25NO3. The fourth-order valence-corrected chi connectivity index (χ4v) is 2.93. The maximum Gasteiger partial charge on any atom is 0.338 e. The number of benzene rings is 3. The molecule has 0 atom stereocenters. The van der Waals surface area contributed by atoms with Crippen LogP contribution >= 0.6 is 0 Å². The molecule has 0 aliphatic heterocycles. The van der Waals surface area contributed by atoms with Crippen LogP contribution in [0.25, 0.3) is 11.6 Å². The fourth-order valence-electron chi connectivity index (χ4n) is 2.93. The van der Waals surface area contributed by atoms with E-state index >= 15 is 0 Å². The lowest BCUT2D eigenvalue weighted by Gasteiger charge is -2.11. The fraction of sp³-hybridized carbons (Fsp3) is 0.154. The highest BCUT2D eigenvalue weighted by atomic mass is 16.5. The maximum absolute atomic E-state index is 13.1. The number of ether oxygens (including phenoxy) is 1. The molecule has 1 amide bonds. The molecule has 0 aliphatic rings. The summed E-state index contributed by atoms with van der Waals surface area (Å²) in [7, 11) is 0. The lowest BCUT2D eigenvalue weighted by atomic mass is 10.0. The summed E-state index contributed by atoms with van der Waals surface area (Å²) < 4.78 is 5.26. The Hall–Kier alpha value is -3.66. The number of hydrogen-bond donors (Lipinski definition) is 1. The van der Waals surface area contributed by atoms with Crippen molar-refractivity contribution < 1.29 is 14.3 Å². The van der Waals surface area contributed by atoms with E-state index in [9.17, 15) is 9.59 Å². The van der Waals surface area contributed by atoms with Gasteiger partial charge >= 0.3 is 5.97 Å². The number of hydrogen-bond acceptors (Lipinski definition) is 3. The molecule has 3 rings (SSSR count). The number of nitrogens with one attached hydrogen (secondary N) is 1. The van der Waals surface area contributed by atoms with Crippen molar-refractivity contribution >= 4 is 29.2 Å². The quantitative estimate of drug-likeness (QED) is 0.225. The minimum Gasteiger partial charge on any atom is -0.462 e. The van der Waals surface area contributed by atoms with Gasteiger partial charge in [-0.05, 0) is 41.8 Å². The summed E-state index contributed by atoms with van der Waals surface area (Å²) in [6, 6.07) is 26.0. The van der Waals surface area contributed by atoms with Crippen molar-refractivity contribution in [1.29, 1.82) is 0 Å². The largest absolute Gasteiger partial charge is 0.462 e. The Morgan fingerprint density at radius 3 is 2.23 bits per heavy atom. The normalized spacial score (nSPS) is 11.0. The van der Waals surface area contributed by atoms with E-state index in [1.165, 1.54) is 0 Å². The van der Waals surface area contributed by atoms with Crippen molar-refractivity contribution in [2.75, 3.05) is 11.9 Å². The molecule has 0 saturated carbocycles. The van der Waals surface area contributed by atoms with Crippen LogP contribution in [0.4, 0.5) is 5.69 Å². The molecular weight excluding hydrogens is 374 g/mol. The molecule has 4 nitrogen and oxygen atoms in total. The third kappa shape index (κ3) is 5.92. The van der Waals surface area contributed by atoms with E-state index in [0.29, 0.717) is 23.4 Å². The first kappa shape index (κ1) is 21.1. The summed E-state index contributed by atoms with van der Waals surface area (Å²) in [6.07, 6.45) is 3.64. The smallest absolute Gasteiger partial charge is 0.338 e. The topological polar surface area (TPSA) is 55.4 Å². The van der Waals surface area contributed by atoms with Crippen molar-refractivity contribution in [3.63, 3.8) is 0 Å². The highest BCUT2D eigenvalue weighted by Gasteiger charge is 2.14. The molecule has 0 bridgehead atoms. The average molecular weight is 399 g/mol. The van der Waals surface area contributed by atoms with Crippen LogP contribution in [0, 0.1) is 0 Å². The number of amides is 1. The summed E-state index contributed by atoms with van der Waals surface area (Å²) in [6.45, 7) is 2.43. The SMILES string of the molecule is CCCCOC(=O)c1cccc(NC(=O)/C(=C/c2ccccc2)c2ccccc2)c1. The molecule has 1 N–H and O–H groups in total. The zero-order valence-corrected chi connectivity index (χ0v) is 17.0. The second-order valence-electron chi connectivity index (χ2n) is 6.86. The second-order valence-corrected chi connectivity index (χ2v) is 6.86. The number of carbonyl (C=O) groups is 2. The van der Waals surface area contributed by atoms with Gasteiger partial charge in [0, 0.05) is 11.3 Å². The third-order valence-electron chi connectivity index (χ3n) is 4.53. The van der Waals surface area contributed by atoms with Crippen molar-refractivity contribution in [1.82, 2.24) is 0 Å². The number of unbranched alkanes of at least 4 members (excludes halogenated alkanes) is 1. The number of rotatable bonds is 8. The van der Waals surface area contributed by atoms with E-state index in [1.807, 2.05) is 73.7 Å². The molecule has 0 aromatic heterocycles. The second kappa shape index (κ2) is 10.8. The molecule has 0 heterocycles. The molecule has 0 saturated heterocycles. The standard InChI is InChI=1S/C26H25NO3/c1-2-3-17-30-26(29)22-15-10-16-23(19-22)27-25(28)24(21-13-8-5-9-14-21)18-20-11-6-4-7-12-20/h4-16,18-19H,2-3,17H2,1H3,(H,27,28)/b24-18+. The van der Waals surface area contributed by atoms with Crippen molar-refractivity contribution in [2.24, 2.45) is 0 Å². The predicted molar refractivity (Wildman–Crippen MR) is 121 cm³/mol. The van der Waals surface area contributed by atoms with Gasteiger partial charge in [-0.3, -0.25) is 4.79 Å². The van der Waals surface area contributed by atoms with Crippen molar-refractivity contribution in [3.05, 3.63) is 102 Å². The van der Waals surface area contributed by atoms with Crippen LogP contribution in [-0.4, -0.2) is 18.5 Å². The molecule has 152 valence electrons. The molecule has 3 aromatic carbocycles. The molecule has 30 heavy (non-hydrogen) atoms. The minimum absolute atomic E-state index is 0.249. The van der Waals surface area contributed by atoms with Gasteiger partial charge < -0.3 is 10.1 Å². The first-order valence-electron chi connectivity index (χ1n) is 10.1. The Morgan fingerprint density at radius 1 is 0.867 bits per heavy atom. The third-order valence-corrected chi connectivity index (χ3v) is 4.53. The molecule has 3 aromatic rings. The summed E-state index contributed by atoms with van der Waals surface area (Å²) in [4.78, 5) is 25.3. The monoisotopic (exact) mass is 399 g/mol. The summed E-state index contributed by atoms with van der Waals surface area (Å²) in [5, 5.41) is 2.91. The zero-order chi connectivity index (χ0) is 21.2. The molecule has 4 heteroatoms. The Bertz CT molecular complexity index is 1010. The van der Waals surface area contributed by atoms with Crippen LogP contribution in [0.5, 0.6) is 0 Å². The summed E-state index contributed by atoms with van der Waals surface area (Å²) in [5.41, 5.74) is 3.24. The number of anilines is 1. The van der Waals surface area contributed by atoms with Gasteiger partial charge in [0.25, 0.3) is 5.91 Å². The number of carbonyl (C=O) groups excluding carboxylic acids is 2. The minimum atomic E-state index is -0.386. The molecule has 0 unspecified atom stereocenters. The van der Waals surface area contributed by atoms with Gasteiger partial charge in [-0.25, -0.2) is 4.79 Å². The summed E-state index contributed by atoms with van der Waals surface area (Å²) in [5.74, 6) is -0.635. The highest BCUT2D eigenvalue weighted by molar-refractivity contribution is 6.29. The first-order valence-corrected chi connectivity index (χ1v) is 10.1. The van der Waals surface area contributed by atoms with Gasteiger partial charge in [-0.15, -0.1) is 0 Å².